The zero-order valence-electron chi connectivity index (χ0n) is 11.9. The fraction of sp³-hybridized carbons (Fsp3) is 0.929. The molecule has 110 valence electrons. The first-order valence-corrected chi connectivity index (χ1v) is 7.29. The number of aliphatic carboxylic acids is 1. The molecule has 4 unspecified atom stereocenters. The van der Waals surface area contributed by atoms with Crippen molar-refractivity contribution in [3.05, 3.63) is 0 Å². The molecule has 2 aliphatic rings. The number of rotatable bonds is 6. The highest BCUT2D eigenvalue weighted by Crippen LogP contribution is 2.28. The van der Waals surface area contributed by atoms with E-state index in [1.54, 1.807) is 0 Å². The Kier molecular flexibility index (Phi) is 5.19. The highest BCUT2D eigenvalue weighted by atomic mass is 16.5. The average molecular weight is 271 g/mol. The molecular weight excluding hydrogens is 246 g/mol. The van der Waals surface area contributed by atoms with E-state index in [0.717, 1.165) is 32.6 Å². The van der Waals surface area contributed by atoms with Crippen molar-refractivity contribution in [2.24, 2.45) is 11.8 Å². The Balaban J connectivity index is 2.07. The number of hydrogen-bond acceptors (Lipinski definition) is 4. The van der Waals surface area contributed by atoms with E-state index in [-0.39, 0.29) is 6.04 Å². The molecule has 0 amide bonds. The summed E-state index contributed by atoms with van der Waals surface area (Å²) >= 11 is 0. The molecule has 2 rings (SSSR count). The highest BCUT2D eigenvalue weighted by Gasteiger charge is 2.41. The Morgan fingerprint density at radius 2 is 2.16 bits per heavy atom. The number of carboxylic acid groups (broad SMARTS) is 1. The van der Waals surface area contributed by atoms with Gasteiger partial charge in [0.2, 0.25) is 0 Å². The molecule has 2 fully saturated rings. The summed E-state index contributed by atoms with van der Waals surface area (Å²) in [6.45, 7) is 7.77. The van der Waals surface area contributed by atoms with Crippen molar-refractivity contribution in [1.82, 2.24) is 4.90 Å². The van der Waals surface area contributed by atoms with Crippen LogP contribution in [-0.4, -0.2) is 61.0 Å². The van der Waals surface area contributed by atoms with Gasteiger partial charge in [0.25, 0.3) is 0 Å². The van der Waals surface area contributed by atoms with Crippen LogP contribution in [0.4, 0.5) is 0 Å². The molecule has 0 aliphatic carbocycles. The van der Waals surface area contributed by atoms with Gasteiger partial charge in [0, 0.05) is 18.7 Å². The maximum atomic E-state index is 11.3. The van der Waals surface area contributed by atoms with Crippen molar-refractivity contribution >= 4 is 5.97 Å². The van der Waals surface area contributed by atoms with Gasteiger partial charge in [-0.1, -0.05) is 6.92 Å². The van der Waals surface area contributed by atoms with Crippen LogP contribution in [0.5, 0.6) is 0 Å². The number of nitrogens with zero attached hydrogens (tertiary/aromatic N) is 1. The lowest BCUT2D eigenvalue weighted by molar-refractivity contribution is -0.143. The van der Waals surface area contributed by atoms with Gasteiger partial charge >= 0.3 is 5.97 Å². The average Bonchev–Trinajstić information content (AvgIpc) is 3.05. The summed E-state index contributed by atoms with van der Waals surface area (Å²) in [6, 6.07) is 0.365. The Bertz CT molecular complexity index is 304. The van der Waals surface area contributed by atoms with Crippen LogP contribution in [0.25, 0.3) is 0 Å². The van der Waals surface area contributed by atoms with Crippen molar-refractivity contribution in [1.29, 1.82) is 0 Å². The smallest absolute Gasteiger partial charge is 0.310 e. The third-order valence-electron chi connectivity index (χ3n) is 4.45. The van der Waals surface area contributed by atoms with Gasteiger partial charge in [0.05, 0.1) is 25.7 Å². The Labute approximate surface area is 114 Å². The van der Waals surface area contributed by atoms with Crippen LogP contribution >= 0.6 is 0 Å². The molecule has 1 N–H and O–H groups in total. The lowest BCUT2D eigenvalue weighted by Gasteiger charge is -2.38. The van der Waals surface area contributed by atoms with E-state index >= 15 is 0 Å². The second-order valence-electron chi connectivity index (χ2n) is 5.65. The molecule has 2 saturated heterocycles. The van der Waals surface area contributed by atoms with Gasteiger partial charge in [-0.25, -0.2) is 0 Å². The van der Waals surface area contributed by atoms with Crippen LogP contribution in [0.3, 0.4) is 0 Å². The van der Waals surface area contributed by atoms with Gasteiger partial charge in [-0.15, -0.1) is 0 Å². The topological polar surface area (TPSA) is 59.0 Å². The normalized spacial score (nSPS) is 32.9. The SMILES string of the molecule is CCCN(C(C)C1CCOC1)C1COCC1C(=O)O. The quantitative estimate of drug-likeness (QED) is 0.787. The zero-order chi connectivity index (χ0) is 13.8. The molecule has 0 radical (unpaired) electrons. The minimum atomic E-state index is -0.738. The van der Waals surface area contributed by atoms with Crippen molar-refractivity contribution in [3.63, 3.8) is 0 Å². The second-order valence-corrected chi connectivity index (χ2v) is 5.65. The first-order valence-electron chi connectivity index (χ1n) is 7.29. The molecule has 5 heteroatoms. The molecule has 0 aromatic carbocycles. The largest absolute Gasteiger partial charge is 0.481 e. The minimum absolute atomic E-state index is 0.00745. The summed E-state index contributed by atoms with van der Waals surface area (Å²) in [5.74, 6) is -0.614. The number of ether oxygens (including phenoxy) is 2. The van der Waals surface area contributed by atoms with Crippen LogP contribution < -0.4 is 0 Å². The van der Waals surface area contributed by atoms with Crippen molar-refractivity contribution < 1.29 is 19.4 Å². The van der Waals surface area contributed by atoms with Crippen molar-refractivity contribution in [3.8, 4) is 0 Å². The molecule has 2 heterocycles. The molecule has 0 bridgehead atoms. The standard InChI is InChI=1S/C14H25NO4/c1-3-5-15(10(2)11-4-6-18-7-11)13-9-19-8-12(13)14(16)17/h10-13H,3-9H2,1-2H3,(H,16,17). The van der Waals surface area contributed by atoms with Gasteiger partial charge in [-0.05, 0) is 32.2 Å². The Hall–Kier alpha value is -0.650. The van der Waals surface area contributed by atoms with E-state index in [4.69, 9.17) is 9.47 Å². The van der Waals surface area contributed by atoms with Gasteiger partial charge in [-0.2, -0.15) is 0 Å². The van der Waals surface area contributed by atoms with E-state index in [9.17, 15) is 9.90 Å². The predicted octanol–water partition coefficient (Wildman–Crippen LogP) is 1.22. The fourth-order valence-corrected chi connectivity index (χ4v) is 3.24. The minimum Gasteiger partial charge on any atom is -0.481 e. The van der Waals surface area contributed by atoms with Crippen LogP contribution in [0, 0.1) is 11.8 Å². The van der Waals surface area contributed by atoms with Gasteiger partial charge in [-0.3, -0.25) is 9.69 Å². The Morgan fingerprint density at radius 3 is 2.74 bits per heavy atom. The summed E-state index contributed by atoms with van der Waals surface area (Å²) in [7, 11) is 0. The number of hydrogen-bond donors (Lipinski definition) is 1. The van der Waals surface area contributed by atoms with Gasteiger partial charge < -0.3 is 14.6 Å². The molecule has 2 aliphatic heterocycles. The summed E-state index contributed by atoms with van der Waals surface area (Å²) in [6.07, 6.45) is 2.10. The van der Waals surface area contributed by atoms with Crippen LogP contribution in [-0.2, 0) is 14.3 Å². The zero-order valence-corrected chi connectivity index (χ0v) is 11.9. The van der Waals surface area contributed by atoms with E-state index < -0.39 is 11.9 Å². The Morgan fingerprint density at radius 1 is 1.37 bits per heavy atom. The van der Waals surface area contributed by atoms with Crippen LogP contribution in [0.15, 0.2) is 0 Å². The summed E-state index contributed by atoms with van der Waals surface area (Å²) in [5.41, 5.74) is 0. The number of carbonyl (C=O) groups is 1. The van der Waals surface area contributed by atoms with E-state index in [0.29, 0.717) is 25.2 Å². The molecule has 4 atom stereocenters. The molecule has 5 nitrogen and oxygen atoms in total. The maximum Gasteiger partial charge on any atom is 0.310 e. The fourth-order valence-electron chi connectivity index (χ4n) is 3.24. The first kappa shape index (κ1) is 14.8. The van der Waals surface area contributed by atoms with Crippen LogP contribution in [0.2, 0.25) is 0 Å². The highest BCUT2D eigenvalue weighted by molar-refractivity contribution is 5.71. The summed E-state index contributed by atoms with van der Waals surface area (Å²) in [5, 5.41) is 9.32. The summed E-state index contributed by atoms with van der Waals surface area (Å²) in [4.78, 5) is 13.7. The lowest BCUT2D eigenvalue weighted by atomic mass is 9.94. The van der Waals surface area contributed by atoms with Gasteiger partial charge in [0.15, 0.2) is 0 Å². The second kappa shape index (κ2) is 6.68. The monoisotopic (exact) mass is 271 g/mol. The van der Waals surface area contributed by atoms with E-state index in [2.05, 4.69) is 18.7 Å². The summed E-state index contributed by atoms with van der Waals surface area (Å²) < 4.78 is 10.9. The van der Waals surface area contributed by atoms with Crippen molar-refractivity contribution in [2.45, 2.75) is 38.8 Å². The molecular formula is C14H25NO4. The lowest BCUT2D eigenvalue weighted by Crippen LogP contribution is -2.50. The predicted molar refractivity (Wildman–Crippen MR) is 71.1 cm³/mol. The van der Waals surface area contributed by atoms with E-state index in [1.165, 1.54) is 0 Å². The number of carboxylic acids is 1. The molecule has 0 aromatic heterocycles. The third kappa shape index (κ3) is 3.27. The van der Waals surface area contributed by atoms with Crippen molar-refractivity contribution in [2.75, 3.05) is 33.0 Å². The molecule has 0 spiro atoms. The molecule has 19 heavy (non-hydrogen) atoms. The first-order chi connectivity index (χ1) is 9.15. The van der Waals surface area contributed by atoms with Gasteiger partial charge in [0.1, 0.15) is 0 Å². The maximum absolute atomic E-state index is 11.3. The van der Waals surface area contributed by atoms with Crippen LogP contribution in [0.1, 0.15) is 26.7 Å². The third-order valence-corrected chi connectivity index (χ3v) is 4.45. The molecule has 0 aromatic rings. The molecule has 0 saturated carbocycles. The van der Waals surface area contributed by atoms with E-state index in [1.807, 2.05) is 0 Å².